The van der Waals surface area contributed by atoms with E-state index < -0.39 is 10.0 Å². The van der Waals surface area contributed by atoms with Gasteiger partial charge in [0, 0.05) is 13.1 Å². The minimum atomic E-state index is -3.42. The van der Waals surface area contributed by atoms with Crippen LogP contribution in [-0.4, -0.2) is 32.4 Å². The Kier molecular flexibility index (Phi) is 4.99. The van der Waals surface area contributed by atoms with Crippen molar-refractivity contribution in [3.8, 4) is 0 Å². The molecule has 0 spiro atoms. The van der Waals surface area contributed by atoms with Crippen LogP contribution >= 0.6 is 0 Å². The molecule has 6 heteroatoms. The molecule has 0 amide bonds. The highest BCUT2D eigenvalue weighted by atomic mass is 32.2. The van der Waals surface area contributed by atoms with Crippen LogP contribution in [0.5, 0.6) is 0 Å². The number of halogens is 1. The van der Waals surface area contributed by atoms with Crippen LogP contribution in [0.15, 0.2) is 48.5 Å². The SMILES string of the molecule is Cc1cccc(CS(=O)(=O)N2CCOC(c3ccc(F)cc3)C2)c1. The molecule has 0 saturated carbocycles. The van der Waals surface area contributed by atoms with E-state index in [2.05, 4.69) is 0 Å². The number of morpholine rings is 1. The second-order valence-corrected chi connectivity index (χ2v) is 7.98. The summed E-state index contributed by atoms with van der Waals surface area (Å²) in [4.78, 5) is 0. The average molecular weight is 349 g/mol. The lowest BCUT2D eigenvalue weighted by Gasteiger charge is -2.32. The third kappa shape index (κ3) is 4.01. The van der Waals surface area contributed by atoms with Gasteiger partial charge in [0.2, 0.25) is 10.0 Å². The Bertz CT molecular complexity index is 805. The van der Waals surface area contributed by atoms with Crippen LogP contribution in [0.1, 0.15) is 22.8 Å². The summed E-state index contributed by atoms with van der Waals surface area (Å²) in [5, 5.41) is 0. The smallest absolute Gasteiger partial charge is 0.218 e. The van der Waals surface area contributed by atoms with E-state index in [4.69, 9.17) is 4.74 Å². The van der Waals surface area contributed by atoms with Crippen molar-refractivity contribution in [2.75, 3.05) is 19.7 Å². The second-order valence-electron chi connectivity index (χ2n) is 6.01. The van der Waals surface area contributed by atoms with Gasteiger partial charge in [-0.05, 0) is 30.2 Å². The van der Waals surface area contributed by atoms with Gasteiger partial charge in [-0.3, -0.25) is 0 Å². The number of benzene rings is 2. The fraction of sp³-hybridized carbons (Fsp3) is 0.333. The molecule has 1 saturated heterocycles. The van der Waals surface area contributed by atoms with E-state index in [-0.39, 0.29) is 24.2 Å². The van der Waals surface area contributed by atoms with Crippen LogP contribution in [0.2, 0.25) is 0 Å². The topological polar surface area (TPSA) is 46.6 Å². The fourth-order valence-corrected chi connectivity index (χ4v) is 4.36. The molecule has 0 bridgehead atoms. The molecule has 1 atom stereocenters. The van der Waals surface area contributed by atoms with Gasteiger partial charge in [0.05, 0.1) is 18.5 Å². The lowest BCUT2D eigenvalue weighted by Crippen LogP contribution is -2.42. The Morgan fingerprint density at radius 1 is 1.21 bits per heavy atom. The largest absolute Gasteiger partial charge is 0.371 e. The summed E-state index contributed by atoms with van der Waals surface area (Å²) in [5.41, 5.74) is 2.60. The van der Waals surface area contributed by atoms with Crippen LogP contribution in [0.3, 0.4) is 0 Å². The van der Waals surface area contributed by atoms with Crippen molar-refractivity contribution in [1.82, 2.24) is 4.31 Å². The molecule has 1 aliphatic heterocycles. The molecular formula is C18H20FNO3S. The van der Waals surface area contributed by atoms with Crippen molar-refractivity contribution in [3.05, 3.63) is 71.0 Å². The quantitative estimate of drug-likeness (QED) is 0.852. The van der Waals surface area contributed by atoms with E-state index in [0.29, 0.717) is 13.2 Å². The summed E-state index contributed by atoms with van der Waals surface area (Å²) >= 11 is 0. The normalized spacial score (nSPS) is 19.3. The maximum atomic E-state index is 13.0. The maximum Gasteiger partial charge on any atom is 0.218 e. The monoisotopic (exact) mass is 349 g/mol. The second kappa shape index (κ2) is 7.01. The van der Waals surface area contributed by atoms with Gasteiger partial charge in [-0.2, -0.15) is 4.31 Å². The third-order valence-corrected chi connectivity index (χ3v) is 5.91. The Hall–Kier alpha value is -1.76. The average Bonchev–Trinajstić information content (AvgIpc) is 2.55. The first-order chi connectivity index (χ1) is 11.4. The van der Waals surface area contributed by atoms with Gasteiger partial charge < -0.3 is 4.74 Å². The molecule has 3 rings (SSSR count). The van der Waals surface area contributed by atoms with Gasteiger partial charge in [-0.25, -0.2) is 12.8 Å². The molecule has 1 heterocycles. The molecule has 4 nitrogen and oxygen atoms in total. The Labute approximate surface area is 141 Å². The minimum absolute atomic E-state index is 0.0230. The Morgan fingerprint density at radius 2 is 1.96 bits per heavy atom. The summed E-state index contributed by atoms with van der Waals surface area (Å²) < 4.78 is 45.6. The fourth-order valence-electron chi connectivity index (χ4n) is 2.86. The van der Waals surface area contributed by atoms with Crippen molar-refractivity contribution in [3.63, 3.8) is 0 Å². The number of sulfonamides is 1. The van der Waals surface area contributed by atoms with Crippen molar-refractivity contribution in [2.24, 2.45) is 0 Å². The number of rotatable bonds is 4. The molecule has 0 radical (unpaired) electrons. The van der Waals surface area contributed by atoms with Gasteiger partial charge >= 0.3 is 0 Å². The molecular weight excluding hydrogens is 329 g/mol. The number of nitrogens with zero attached hydrogens (tertiary/aromatic N) is 1. The number of hydrogen-bond acceptors (Lipinski definition) is 3. The molecule has 2 aromatic rings. The van der Waals surface area contributed by atoms with Crippen LogP contribution in [0.4, 0.5) is 4.39 Å². The molecule has 0 N–H and O–H groups in total. The summed E-state index contributed by atoms with van der Waals surface area (Å²) in [6.45, 7) is 2.86. The van der Waals surface area contributed by atoms with E-state index in [1.807, 2.05) is 31.2 Å². The van der Waals surface area contributed by atoms with Crippen LogP contribution in [-0.2, 0) is 20.5 Å². The van der Waals surface area contributed by atoms with Crippen molar-refractivity contribution in [2.45, 2.75) is 18.8 Å². The third-order valence-electron chi connectivity index (χ3n) is 4.10. The van der Waals surface area contributed by atoms with E-state index in [1.165, 1.54) is 16.4 Å². The van der Waals surface area contributed by atoms with Crippen molar-refractivity contribution < 1.29 is 17.5 Å². The summed E-state index contributed by atoms with van der Waals surface area (Å²) in [6.07, 6.45) is -0.369. The minimum Gasteiger partial charge on any atom is -0.371 e. The number of aryl methyl sites for hydroxylation is 1. The molecule has 1 aliphatic rings. The standard InChI is InChI=1S/C18H20FNO3S/c1-14-3-2-4-15(11-14)13-24(21,22)20-9-10-23-18(12-20)16-5-7-17(19)8-6-16/h2-8,11,18H,9-10,12-13H2,1H3. The molecule has 0 aliphatic carbocycles. The molecule has 1 unspecified atom stereocenters. The number of hydrogen-bond donors (Lipinski definition) is 0. The van der Waals surface area contributed by atoms with Gasteiger partial charge in [0.15, 0.2) is 0 Å². The van der Waals surface area contributed by atoms with Crippen LogP contribution in [0, 0.1) is 12.7 Å². The zero-order valence-corrected chi connectivity index (χ0v) is 14.3. The lowest BCUT2D eigenvalue weighted by atomic mass is 10.1. The van der Waals surface area contributed by atoms with E-state index >= 15 is 0 Å². The summed E-state index contributed by atoms with van der Waals surface area (Å²) in [7, 11) is -3.42. The van der Waals surface area contributed by atoms with Crippen LogP contribution < -0.4 is 0 Å². The number of ether oxygens (including phenoxy) is 1. The van der Waals surface area contributed by atoms with E-state index in [0.717, 1.165) is 16.7 Å². The first-order valence-electron chi connectivity index (χ1n) is 7.84. The molecule has 24 heavy (non-hydrogen) atoms. The van der Waals surface area contributed by atoms with Crippen molar-refractivity contribution >= 4 is 10.0 Å². The molecule has 2 aromatic carbocycles. The maximum absolute atomic E-state index is 13.0. The Balaban J connectivity index is 1.74. The highest BCUT2D eigenvalue weighted by molar-refractivity contribution is 7.88. The first kappa shape index (κ1) is 17.1. The highest BCUT2D eigenvalue weighted by Crippen LogP contribution is 2.25. The zero-order valence-electron chi connectivity index (χ0n) is 13.5. The van der Waals surface area contributed by atoms with E-state index in [9.17, 15) is 12.8 Å². The highest BCUT2D eigenvalue weighted by Gasteiger charge is 2.30. The molecule has 1 fully saturated rings. The van der Waals surface area contributed by atoms with Crippen molar-refractivity contribution in [1.29, 1.82) is 0 Å². The zero-order chi connectivity index (χ0) is 17.2. The summed E-state index contributed by atoms with van der Waals surface area (Å²) in [5.74, 6) is -0.344. The summed E-state index contributed by atoms with van der Waals surface area (Å²) in [6, 6.07) is 13.5. The first-order valence-corrected chi connectivity index (χ1v) is 9.45. The molecule has 0 aromatic heterocycles. The van der Waals surface area contributed by atoms with Crippen LogP contribution in [0.25, 0.3) is 0 Å². The van der Waals surface area contributed by atoms with Gasteiger partial charge in [-0.1, -0.05) is 42.0 Å². The van der Waals surface area contributed by atoms with Gasteiger partial charge in [-0.15, -0.1) is 0 Å². The van der Waals surface area contributed by atoms with Gasteiger partial charge in [0.1, 0.15) is 5.82 Å². The lowest BCUT2D eigenvalue weighted by molar-refractivity contribution is -0.00263. The molecule has 128 valence electrons. The Morgan fingerprint density at radius 3 is 2.67 bits per heavy atom. The predicted octanol–water partition coefficient (Wildman–Crippen LogP) is 3.04. The van der Waals surface area contributed by atoms with E-state index in [1.54, 1.807) is 12.1 Å². The van der Waals surface area contributed by atoms with Gasteiger partial charge in [0.25, 0.3) is 0 Å². The predicted molar refractivity (Wildman–Crippen MR) is 90.5 cm³/mol.